The Hall–Kier alpha value is -0.0500. The number of carbonyl (C=O) groups excluding carboxylic acids is 1. The zero-order valence-electron chi connectivity index (χ0n) is 7.59. The highest BCUT2D eigenvalue weighted by atomic mass is 35.5. The van der Waals surface area contributed by atoms with Crippen molar-refractivity contribution in [1.82, 2.24) is 4.90 Å². The highest BCUT2D eigenvalue weighted by Gasteiger charge is 2.23. The van der Waals surface area contributed by atoms with Crippen LogP contribution in [0.2, 0.25) is 0 Å². The summed E-state index contributed by atoms with van der Waals surface area (Å²) in [5.41, 5.74) is 1.38. The molecule has 0 aliphatic carbocycles. The molecular weight excluding hydrogens is 209 g/mol. The van der Waals surface area contributed by atoms with Gasteiger partial charge in [0, 0.05) is 42.5 Å². The molecule has 1 fully saturated rings. The van der Waals surface area contributed by atoms with Gasteiger partial charge in [-0.2, -0.15) is 0 Å². The van der Waals surface area contributed by atoms with Crippen LogP contribution in [0.25, 0.3) is 0 Å². The molecule has 1 heterocycles. The van der Waals surface area contributed by atoms with Gasteiger partial charge in [0.25, 0.3) is 0 Å². The average Bonchev–Trinajstić information content (AvgIpc) is 2.11. The molecule has 13 heavy (non-hydrogen) atoms. The normalized spacial score (nSPS) is 26.5. The third-order valence-electron chi connectivity index (χ3n) is 2.25. The quantitative estimate of drug-likeness (QED) is 0.713. The van der Waals surface area contributed by atoms with Crippen LogP contribution in [-0.2, 0) is 4.79 Å². The zero-order valence-corrected chi connectivity index (χ0v) is 9.11. The first-order valence-electron chi connectivity index (χ1n) is 4.33. The van der Waals surface area contributed by atoms with Crippen molar-refractivity contribution in [2.75, 3.05) is 19.6 Å². The predicted octanol–water partition coefficient (Wildman–Crippen LogP) is 2.22. The van der Waals surface area contributed by atoms with Gasteiger partial charge in [0.1, 0.15) is 5.78 Å². The maximum atomic E-state index is 11.2. The number of nitrogens with zero attached hydrogens (tertiary/aromatic N) is 1. The number of likely N-dealkylation sites (tertiary alicyclic amines) is 1. The minimum Gasteiger partial charge on any atom is -0.299 e. The summed E-state index contributed by atoms with van der Waals surface area (Å²) < 4.78 is 0. The Morgan fingerprint density at radius 1 is 1.77 bits per heavy atom. The Balaban J connectivity index is 2.42. The van der Waals surface area contributed by atoms with E-state index in [4.69, 9.17) is 23.2 Å². The van der Waals surface area contributed by atoms with Crippen molar-refractivity contribution in [2.24, 2.45) is 5.92 Å². The largest absolute Gasteiger partial charge is 0.299 e. The molecule has 74 valence electrons. The molecule has 0 aromatic rings. The summed E-state index contributed by atoms with van der Waals surface area (Å²) in [6, 6.07) is 0. The van der Waals surface area contributed by atoms with E-state index >= 15 is 0 Å². The number of ketones is 1. The monoisotopic (exact) mass is 221 g/mol. The Kier molecular flexibility index (Phi) is 4.23. The summed E-state index contributed by atoms with van der Waals surface area (Å²) in [7, 11) is 0. The van der Waals surface area contributed by atoms with Crippen LogP contribution in [0.1, 0.15) is 13.3 Å². The van der Waals surface area contributed by atoms with E-state index in [1.165, 1.54) is 5.54 Å². The van der Waals surface area contributed by atoms with Crippen LogP contribution in [0, 0.1) is 5.92 Å². The molecule has 1 aliphatic heterocycles. The van der Waals surface area contributed by atoms with Gasteiger partial charge in [0.05, 0.1) is 0 Å². The van der Waals surface area contributed by atoms with Crippen LogP contribution in [0.15, 0.2) is 10.6 Å². The minimum absolute atomic E-state index is 0.133. The van der Waals surface area contributed by atoms with Gasteiger partial charge in [-0.25, -0.2) is 0 Å². The van der Waals surface area contributed by atoms with Gasteiger partial charge in [-0.05, 0) is 0 Å². The lowest BCUT2D eigenvalue weighted by Gasteiger charge is -2.29. The molecule has 0 radical (unpaired) electrons. The summed E-state index contributed by atoms with van der Waals surface area (Å²) in [5.74, 6) is 0.482. The fourth-order valence-electron chi connectivity index (χ4n) is 1.49. The Morgan fingerprint density at radius 2 is 2.46 bits per heavy atom. The van der Waals surface area contributed by atoms with Gasteiger partial charge in [-0.3, -0.25) is 9.69 Å². The molecule has 0 N–H and O–H groups in total. The second kappa shape index (κ2) is 4.99. The van der Waals surface area contributed by atoms with Crippen LogP contribution in [0.3, 0.4) is 0 Å². The van der Waals surface area contributed by atoms with Gasteiger partial charge < -0.3 is 0 Å². The molecule has 0 aromatic carbocycles. The maximum absolute atomic E-state index is 11.2. The van der Waals surface area contributed by atoms with Crippen molar-refractivity contribution in [3.63, 3.8) is 0 Å². The third-order valence-corrected chi connectivity index (χ3v) is 2.85. The maximum Gasteiger partial charge on any atom is 0.138 e. The Bertz CT molecular complexity index is 228. The summed E-state index contributed by atoms with van der Waals surface area (Å²) in [6.07, 6.45) is 0.633. The molecule has 0 aromatic heterocycles. The van der Waals surface area contributed by atoms with Crippen molar-refractivity contribution in [3.05, 3.63) is 10.6 Å². The molecule has 0 saturated carbocycles. The molecule has 1 rings (SSSR count). The summed E-state index contributed by atoms with van der Waals surface area (Å²) in [4.78, 5) is 13.3. The Morgan fingerprint density at radius 3 is 3.00 bits per heavy atom. The van der Waals surface area contributed by atoms with Crippen molar-refractivity contribution >= 4 is 29.0 Å². The number of rotatable bonds is 2. The van der Waals surface area contributed by atoms with E-state index < -0.39 is 0 Å². The van der Waals surface area contributed by atoms with Crippen molar-refractivity contribution < 1.29 is 4.79 Å². The molecule has 2 nitrogen and oxygen atoms in total. The van der Waals surface area contributed by atoms with E-state index in [1.807, 2.05) is 6.92 Å². The van der Waals surface area contributed by atoms with E-state index in [0.29, 0.717) is 23.8 Å². The molecule has 0 spiro atoms. The van der Waals surface area contributed by atoms with Gasteiger partial charge in [0.2, 0.25) is 0 Å². The first kappa shape index (κ1) is 11.0. The van der Waals surface area contributed by atoms with Gasteiger partial charge in [0.15, 0.2) is 0 Å². The molecule has 4 heteroatoms. The first-order valence-corrected chi connectivity index (χ1v) is 5.14. The lowest BCUT2D eigenvalue weighted by Crippen LogP contribution is -2.40. The van der Waals surface area contributed by atoms with Crippen molar-refractivity contribution in [1.29, 1.82) is 0 Å². The van der Waals surface area contributed by atoms with Crippen LogP contribution < -0.4 is 0 Å². The SMILES string of the molecule is CC1CN(C/C(Cl)=C/Cl)CCC1=O. The number of piperidine rings is 1. The number of Topliss-reactive ketones (excluding diaryl/α,β-unsaturated/α-hetero) is 1. The van der Waals surface area contributed by atoms with Gasteiger partial charge >= 0.3 is 0 Å². The van der Waals surface area contributed by atoms with E-state index in [2.05, 4.69) is 4.90 Å². The van der Waals surface area contributed by atoms with Gasteiger partial charge in [-0.1, -0.05) is 30.1 Å². The highest BCUT2D eigenvalue weighted by molar-refractivity contribution is 6.36. The number of halogens is 2. The topological polar surface area (TPSA) is 20.3 Å². The predicted molar refractivity (Wildman–Crippen MR) is 55.0 cm³/mol. The second-order valence-corrected chi connectivity index (χ2v) is 4.11. The van der Waals surface area contributed by atoms with Crippen LogP contribution in [-0.4, -0.2) is 30.3 Å². The summed E-state index contributed by atoms with van der Waals surface area (Å²) >= 11 is 11.2. The van der Waals surface area contributed by atoms with Crippen LogP contribution in [0.4, 0.5) is 0 Å². The Labute approximate surface area is 88.5 Å². The lowest BCUT2D eigenvalue weighted by molar-refractivity contribution is -0.125. The second-order valence-electron chi connectivity index (χ2n) is 3.41. The van der Waals surface area contributed by atoms with Crippen LogP contribution in [0.5, 0.6) is 0 Å². The van der Waals surface area contributed by atoms with Crippen molar-refractivity contribution in [2.45, 2.75) is 13.3 Å². The van der Waals surface area contributed by atoms with E-state index in [9.17, 15) is 4.79 Å². The molecule has 0 bridgehead atoms. The van der Waals surface area contributed by atoms with E-state index in [1.54, 1.807) is 0 Å². The molecule has 1 atom stereocenters. The fourth-order valence-corrected chi connectivity index (χ4v) is 1.72. The average molecular weight is 222 g/mol. The van der Waals surface area contributed by atoms with Crippen molar-refractivity contribution in [3.8, 4) is 0 Å². The molecule has 0 amide bonds. The smallest absolute Gasteiger partial charge is 0.138 e. The number of carbonyl (C=O) groups is 1. The number of hydrogen-bond acceptors (Lipinski definition) is 2. The third kappa shape index (κ3) is 3.29. The van der Waals surface area contributed by atoms with E-state index in [0.717, 1.165) is 13.1 Å². The van der Waals surface area contributed by atoms with Crippen LogP contribution >= 0.6 is 23.2 Å². The molecule has 1 saturated heterocycles. The summed E-state index contributed by atoms with van der Waals surface area (Å²) in [5, 5.41) is 0.628. The lowest BCUT2D eigenvalue weighted by atomic mass is 9.99. The molecule has 1 unspecified atom stereocenters. The summed E-state index contributed by atoms with van der Waals surface area (Å²) in [6.45, 7) is 4.19. The first-order chi connectivity index (χ1) is 6.13. The fraction of sp³-hybridized carbons (Fsp3) is 0.667. The molecule has 1 aliphatic rings. The highest BCUT2D eigenvalue weighted by Crippen LogP contribution is 2.15. The zero-order chi connectivity index (χ0) is 9.84. The standard InChI is InChI=1S/C9H13Cl2NO/c1-7-5-12(3-2-9(7)13)6-8(11)4-10/h4,7H,2-3,5-6H2,1H3/b8-4-. The molecular formula is C9H13Cl2NO. The minimum atomic E-state index is 0.133. The van der Waals surface area contributed by atoms with E-state index in [-0.39, 0.29) is 5.92 Å². The van der Waals surface area contributed by atoms with Gasteiger partial charge in [-0.15, -0.1) is 0 Å². The number of hydrogen-bond donors (Lipinski definition) is 0.